The largest absolute Gasteiger partial charge is 1.00 e. The average Bonchev–Trinajstić information content (AvgIpc) is 1.88. The quantitative estimate of drug-likeness (QED) is 0.576. The van der Waals surface area contributed by atoms with Crippen LogP contribution in [0.4, 0.5) is 0 Å². The third kappa shape index (κ3) is 3.37. The maximum Gasteiger partial charge on any atom is 0.210 e. The first-order valence-corrected chi connectivity index (χ1v) is 3.51. The molecular weight excluding hydrogens is 206 g/mol. The molecule has 1 N–H and O–H groups in total. The van der Waals surface area contributed by atoms with E-state index in [0.717, 1.165) is 13.0 Å². The normalized spacial score (nSPS) is 8.82. The van der Waals surface area contributed by atoms with Gasteiger partial charge in [-0.2, -0.15) is 0 Å². The van der Waals surface area contributed by atoms with Crippen LogP contribution in [0.3, 0.4) is 0 Å². The third-order valence-corrected chi connectivity index (χ3v) is 1.32. The Morgan fingerprint density at radius 3 is 2.82 bits per heavy atom. The lowest BCUT2D eigenvalue weighted by Crippen LogP contribution is -3.00. The number of hydrogen-bond donors (Lipinski definition) is 1. The van der Waals surface area contributed by atoms with Crippen LogP contribution in [-0.4, -0.2) is 5.11 Å². The number of aromatic hydroxyl groups is 1. The first-order chi connectivity index (χ1) is 4.83. The van der Waals surface area contributed by atoms with E-state index >= 15 is 0 Å². The number of rotatable bonds is 2. The summed E-state index contributed by atoms with van der Waals surface area (Å²) < 4.78 is 1.97. The van der Waals surface area contributed by atoms with E-state index in [-0.39, 0.29) is 17.0 Å². The van der Waals surface area contributed by atoms with Gasteiger partial charge in [0.1, 0.15) is 6.54 Å². The van der Waals surface area contributed by atoms with Gasteiger partial charge in [-0.15, -0.1) is 0 Å². The van der Waals surface area contributed by atoms with Crippen LogP contribution in [-0.2, 0) is 6.54 Å². The lowest BCUT2D eigenvalue weighted by atomic mass is 10.4. The molecule has 1 aromatic rings. The third-order valence-electron chi connectivity index (χ3n) is 1.32. The van der Waals surface area contributed by atoms with Crippen LogP contribution in [0.5, 0.6) is 5.75 Å². The lowest BCUT2D eigenvalue weighted by molar-refractivity contribution is -0.697. The van der Waals surface area contributed by atoms with E-state index in [1.807, 2.05) is 16.8 Å². The van der Waals surface area contributed by atoms with Crippen molar-refractivity contribution < 1.29 is 26.7 Å². The van der Waals surface area contributed by atoms with E-state index in [1.54, 1.807) is 12.3 Å². The predicted molar refractivity (Wildman–Crippen MR) is 38.6 cm³/mol. The lowest BCUT2D eigenvalue weighted by Gasteiger charge is -1.92. The van der Waals surface area contributed by atoms with Gasteiger partial charge < -0.3 is 22.1 Å². The van der Waals surface area contributed by atoms with E-state index in [0.29, 0.717) is 5.75 Å². The molecule has 0 aliphatic rings. The van der Waals surface area contributed by atoms with E-state index in [2.05, 4.69) is 6.92 Å². The molecule has 3 heteroatoms. The van der Waals surface area contributed by atoms with Gasteiger partial charge in [-0.25, -0.2) is 4.57 Å². The second-order valence-electron chi connectivity index (χ2n) is 2.30. The number of aromatic nitrogens is 1. The second-order valence-corrected chi connectivity index (χ2v) is 2.30. The van der Waals surface area contributed by atoms with Gasteiger partial charge in [0.15, 0.2) is 11.9 Å². The summed E-state index contributed by atoms with van der Waals surface area (Å²) in [5.74, 6) is 0.330. The molecule has 0 unspecified atom stereocenters. The van der Waals surface area contributed by atoms with Crippen molar-refractivity contribution in [3.63, 3.8) is 0 Å². The fourth-order valence-corrected chi connectivity index (χ4v) is 0.905. The molecule has 1 aromatic heterocycles. The van der Waals surface area contributed by atoms with Crippen LogP contribution >= 0.6 is 0 Å². The van der Waals surface area contributed by atoms with Crippen LogP contribution in [0.15, 0.2) is 24.5 Å². The molecule has 62 valence electrons. The van der Waals surface area contributed by atoms with Gasteiger partial charge in [0, 0.05) is 12.5 Å². The minimum absolute atomic E-state index is 0. The maximum atomic E-state index is 9.02. The molecule has 0 fully saturated rings. The number of pyridine rings is 1. The van der Waals surface area contributed by atoms with E-state index in [1.165, 1.54) is 0 Å². The SMILES string of the molecule is CCC[n+]1cccc(O)c1.[Br-]. The first kappa shape index (κ1) is 10.4. The molecule has 0 atom stereocenters. The zero-order valence-electron chi connectivity index (χ0n) is 6.50. The molecule has 0 saturated heterocycles. The summed E-state index contributed by atoms with van der Waals surface area (Å²) in [6.07, 6.45) is 4.76. The molecule has 0 radical (unpaired) electrons. The summed E-state index contributed by atoms with van der Waals surface area (Å²) in [5.41, 5.74) is 0. The van der Waals surface area contributed by atoms with E-state index in [9.17, 15) is 0 Å². The average molecular weight is 218 g/mol. The fraction of sp³-hybridized carbons (Fsp3) is 0.375. The summed E-state index contributed by atoms with van der Waals surface area (Å²) in [7, 11) is 0. The van der Waals surface area contributed by atoms with Gasteiger partial charge in [-0.3, -0.25) is 0 Å². The summed E-state index contributed by atoms with van der Waals surface area (Å²) >= 11 is 0. The van der Waals surface area contributed by atoms with Crippen molar-refractivity contribution in [2.45, 2.75) is 19.9 Å². The molecule has 0 aliphatic heterocycles. The molecule has 0 saturated carbocycles. The topological polar surface area (TPSA) is 24.1 Å². The zero-order valence-corrected chi connectivity index (χ0v) is 8.08. The van der Waals surface area contributed by atoms with Crippen LogP contribution < -0.4 is 21.5 Å². The minimum atomic E-state index is 0. The molecule has 0 aromatic carbocycles. The Kier molecular flexibility index (Phi) is 4.86. The number of nitrogens with zero attached hydrogens (tertiary/aromatic N) is 1. The minimum Gasteiger partial charge on any atom is -1.00 e. The Hall–Kier alpha value is -0.570. The molecule has 1 rings (SSSR count). The smallest absolute Gasteiger partial charge is 0.210 e. The summed E-state index contributed by atoms with van der Waals surface area (Å²) in [6, 6.07) is 3.51. The molecule has 1 heterocycles. The van der Waals surface area contributed by atoms with Gasteiger partial charge in [0.05, 0.1) is 0 Å². The Bertz CT molecular complexity index is 215. The van der Waals surface area contributed by atoms with Crippen molar-refractivity contribution in [1.82, 2.24) is 0 Å². The van der Waals surface area contributed by atoms with Crippen molar-refractivity contribution >= 4 is 0 Å². The molecule has 0 bridgehead atoms. The Morgan fingerprint density at radius 1 is 1.55 bits per heavy atom. The van der Waals surface area contributed by atoms with Gasteiger partial charge in [-0.1, -0.05) is 6.92 Å². The van der Waals surface area contributed by atoms with Gasteiger partial charge in [0.25, 0.3) is 0 Å². The summed E-state index contributed by atoms with van der Waals surface area (Å²) in [4.78, 5) is 0. The molecule has 0 aliphatic carbocycles. The van der Waals surface area contributed by atoms with Crippen molar-refractivity contribution in [3.8, 4) is 5.75 Å². The Balaban J connectivity index is 0.000001000. The van der Waals surface area contributed by atoms with Crippen LogP contribution in [0, 0.1) is 0 Å². The highest BCUT2D eigenvalue weighted by Crippen LogP contribution is 1.99. The van der Waals surface area contributed by atoms with Gasteiger partial charge in [0.2, 0.25) is 6.20 Å². The molecule has 11 heavy (non-hydrogen) atoms. The number of hydrogen-bond acceptors (Lipinski definition) is 1. The first-order valence-electron chi connectivity index (χ1n) is 3.51. The zero-order chi connectivity index (χ0) is 7.40. The summed E-state index contributed by atoms with van der Waals surface area (Å²) in [6.45, 7) is 3.07. The molecule has 0 amide bonds. The Labute approximate surface area is 77.3 Å². The predicted octanol–water partition coefficient (Wildman–Crippen LogP) is -1.91. The van der Waals surface area contributed by atoms with Crippen molar-refractivity contribution in [3.05, 3.63) is 24.5 Å². The van der Waals surface area contributed by atoms with E-state index in [4.69, 9.17) is 5.11 Å². The van der Waals surface area contributed by atoms with Crippen LogP contribution in [0.25, 0.3) is 0 Å². The van der Waals surface area contributed by atoms with Gasteiger partial charge >= 0.3 is 0 Å². The van der Waals surface area contributed by atoms with Crippen molar-refractivity contribution in [2.75, 3.05) is 0 Å². The standard InChI is InChI=1S/C8H11NO.BrH/c1-2-5-9-6-3-4-8(10)7-9;/h3-4,6-7H,2,5H2,1H3;1H. The van der Waals surface area contributed by atoms with E-state index < -0.39 is 0 Å². The summed E-state index contributed by atoms with van der Waals surface area (Å²) in [5, 5.41) is 9.02. The molecule has 0 spiro atoms. The van der Waals surface area contributed by atoms with Crippen molar-refractivity contribution in [1.29, 1.82) is 0 Å². The molecule has 2 nitrogen and oxygen atoms in total. The highest BCUT2D eigenvalue weighted by molar-refractivity contribution is 5.09. The highest BCUT2D eigenvalue weighted by atomic mass is 79.9. The highest BCUT2D eigenvalue weighted by Gasteiger charge is 1.97. The fourth-order valence-electron chi connectivity index (χ4n) is 0.905. The van der Waals surface area contributed by atoms with Crippen LogP contribution in [0.2, 0.25) is 0 Å². The second kappa shape index (κ2) is 5.13. The van der Waals surface area contributed by atoms with Crippen molar-refractivity contribution in [2.24, 2.45) is 0 Å². The maximum absolute atomic E-state index is 9.02. The Morgan fingerprint density at radius 2 is 2.27 bits per heavy atom. The van der Waals surface area contributed by atoms with Gasteiger partial charge in [-0.05, 0) is 6.07 Å². The molecular formula is C8H12BrNO. The van der Waals surface area contributed by atoms with Crippen LogP contribution in [0.1, 0.15) is 13.3 Å². The number of halogens is 1. The number of aryl methyl sites for hydroxylation is 1. The monoisotopic (exact) mass is 217 g/mol.